The van der Waals surface area contributed by atoms with Crippen LogP contribution in [0.5, 0.6) is 0 Å². The van der Waals surface area contributed by atoms with Crippen LogP contribution in [-0.4, -0.2) is 71.7 Å². The zero-order chi connectivity index (χ0) is 18.6. The van der Waals surface area contributed by atoms with E-state index in [0.717, 1.165) is 31.6 Å². The fraction of sp³-hybridized carbons (Fsp3) is 0.588. The number of ether oxygens (including phenoxy) is 2. The smallest absolute Gasteiger partial charge is 0.250 e. The molecular formula is C17H25N3O5S. The first kappa shape index (κ1) is 19.1. The molecule has 0 aromatic heterocycles. The number of amides is 1. The van der Waals surface area contributed by atoms with Gasteiger partial charge in [0.25, 0.3) is 0 Å². The minimum atomic E-state index is -3.62. The fourth-order valence-corrected chi connectivity index (χ4v) is 4.70. The van der Waals surface area contributed by atoms with Gasteiger partial charge >= 0.3 is 0 Å². The number of rotatable bonds is 6. The van der Waals surface area contributed by atoms with Crippen molar-refractivity contribution in [1.29, 1.82) is 0 Å². The maximum atomic E-state index is 12.9. The van der Waals surface area contributed by atoms with Gasteiger partial charge < -0.3 is 19.7 Å². The van der Waals surface area contributed by atoms with Crippen molar-refractivity contribution >= 4 is 27.3 Å². The lowest BCUT2D eigenvalue weighted by Gasteiger charge is -2.27. The maximum absolute atomic E-state index is 12.9. The molecule has 0 saturated carbocycles. The minimum Gasteiger partial charge on any atom is -0.379 e. The van der Waals surface area contributed by atoms with Crippen molar-refractivity contribution < 1.29 is 22.7 Å². The van der Waals surface area contributed by atoms with E-state index in [1.807, 2.05) is 0 Å². The van der Waals surface area contributed by atoms with Gasteiger partial charge in [-0.1, -0.05) is 0 Å². The summed E-state index contributed by atoms with van der Waals surface area (Å²) in [5.41, 5.74) is 1.34. The van der Waals surface area contributed by atoms with E-state index in [4.69, 9.17) is 9.47 Å². The number of hydrogen-bond donors (Lipinski definition) is 1. The van der Waals surface area contributed by atoms with E-state index >= 15 is 0 Å². The number of sulfonamides is 1. The highest BCUT2D eigenvalue weighted by atomic mass is 32.2. The summed E-state index contributed by atoms with van der Waals surface area (Å²) in [5, 5.41) is 2.79. The Hall–Kier alpha value is -1.68. The number of hydrogen-bond acceptors (Lipinski definition) is 6. The Kier molecular flexibility index (Phi) is 6.13. The van der Waals surface area contributed by atoms with E-state index in [0.29, 0.717) is 32.0 Å². The third-order valence-corrected chi connectivity index (χ3v) is 6.47. The van der Waals surface area contributed by atoms with Gasteiger partial charge in [0.15, 0.2) is 0 Å². The molecule has 1 aromatic carbocycles. The van der Waals surface area contributed by atoms with Crippen molar-refractivity contribution in [2.45, 2.75) is 17.7 Å². The lowest BCUT2D eigenvalue weighted by atomic mass is 10.2. The quantitative estimate of drug-likeness (QED) is 0.785. The Bertz CT molecular complexity index is 741. The molecule has 3 rings (SSSR count). The number of carbonyl (C=O) groups is 1. The second-order valence-electron chi connectivity index (χ2n) is 6.37. The number of anilines is 2. The fourth-order valence-electron chi connectivity index (χ4n) is 3.26. The number of carbonyl (C=O) groups excluding carboxylic acids is 1. The van der Waals surface area contributed by atoms with Crippen molar-refractivity contribution in [3.63, 3.8) is 0 Å². The van der Waals surface area contributed by atoms with E-state index in [9.17, 15) is 13.2 Å². The van der Waals surface area contributed by atoms with Crippen molar-refractivity contribution in [2.75, 3.05) is 63.3 Å². The number of benzene rings is 1. The molecule has 0 bridgehead atoms. The number of morpholine rings is 1. The Labute approximate surface area is 154 Å². The van der Waals surface area contributed by atoms with Gasteiger partial charge in [-0.3, -0.25) is 4.79 Å². The molecule has 1 N–H and O–H groups in total. The summed E-state index contributed by atoms with van der Waals surface area (Å²) < 4.78 is 37.3. The first-order chi connectivity index (χ1) is 12.5. The van der Waals surface area contributed by atoms with E-state index in [2.05, 4.69) is 10.2 Å². The molecule has 8 nitrogen and oxygen atoms in total. The van der Waals surface area contributed by atoms with E-state index < -0.39 is 10.0 Å². The zero-order valence-corrected chi connectivity index (χ0v) is 15.8. The normalized spacial score (nSPS) is 18.9. The topological polar surface area (TPSA) is 88.2 Å². The summed E-state index contributed by atoms with van der Waals surface area (Å²) in [6.45, 7) is 3.15. The molecule has 0 unspecified atom stereocenters. The highest BCUT2D eigenvalue weighted by Gasteiger charge is 2.28. The highest BCUT2D eigenvalue weighted by molar-refractivity contribution is 7.89. The van der Waals surface area contributed by atoms with Gasteiger partial charge in [-0.2, -0.15) is 4.31 Å². The molecule has 0 atom stereocenters. The van der Waals surface area contributed by atoms with Crippen LogP contribution in [0.1, 0.15) is 12.8 Å². The van der Waals surface area contributed by atoms with Crippen LogP contribution < -0.4 is 10.2 Å². The van der Waals surface area contributed by atoms with Crippen LogP contribution in [-0.2, 0) is 24.3 Å². The Morgan fingerprint density at radius 2 is 1.88 bits per heavy atom. The molecule has 144 valence electrons. The lowest BCUT2D eigenvalue weighted by Crippen LogP contribution is -2.40. The molecule has 0 aliphatic carbocycles. The molecule has 2 saturated heterocycles. The summed E-state index contributed by atoms with van der Waals surface area (Å²) in [7, 11) is -2.18. The monoisotopic (exact) mass is 383 g/mol. The molecule has 0 radical (unpaired) electrons. The lowest BCUT2D eigenvalue weighted by molar-refractivity contribution is -0.119. The molecular weight excluding hydrogens is 358 g/mol. The summed E-state index contributed by atoms with van der Waals surface area (Å²) >= 11 is 0. The van der Waals surface area contributed by atoms with Crippen molar-refractivity contribution in [3.8, 4) is 0 Å². The molecule has 2 fully saturated rings. The van der Waals surface area contributed by atoms with Crippen molar-refractivity contribution in [2.24, 2.45) is 0 Å². The van der Waals surface area contributed by atoms with Gasteiger partial charge in [0, 0.05) is 33.3 Å². The summed E-state index contributed by atoms with van der Waals surface area (Å²) in [6.07, 6.45) is 2.17. The van der Waals surface area contributed by atoms with Crippen LogP contribution in [0.25, 0.3) is 0 Å². The van der Waals surface area contributed by atoms with Gasteiger partial charge in [-0.25, -0.2) is 8.42 Å². The number of methoxy groups -OCH3 is 1. The van der Waals surface area contributed by atoms with E-state index in [1.54, 1.807) is 18.2 Å². The van der Waals surface area contributed by atoms with Crippen LogP contribution >= 0.6 is 0 Å². The van der Waals surface area contributed by atoms with Crippen LogP contribution in [0, 0.1) is 0 Å². The molecule has 1 aromatic rings. The Morgan fingerprint density at radius 3 is 2.54 bits per heavy atom. The van der Waals surface area contributed by atoms with E-state index in [-0.39, 0.29) is 17.4 Å². The largest absolute Gasteiger partial charge is 0.379 e. The molecule has 2 heterocycles. The van der Waals surface area contributed by atoms with Gasteiger partial charge in [0.05, 0.1) is 29.5 Å². The van der Waals surface area contributed by atoms with Crippen LogP contribution in [0.15, 0.2) is 23.1 Å². The minimum absolute atomic E-state index is 0.0835. The number of nitrogens with zero attached hydrogens (tertiary/aromatic N) is 2. The average molecular weight is 383 g/mol. The predicted octanol–water partition coefficient (Wildman–Crippen LogP) is 0.893. The van der Waals surface area contributed by atoms with Gasteiger partial charge in [0.1, 0.15) is 6.61 Å². The molecule has 26 heavy (non-hydrogen) atoms. The van der Waals surface area contributed by atoms with Crippen molar-refractivity contribution in [3.05, 3.63) is 18.2 Å². The summed E-state index contributed by atoms with van der Waals surface area (Å²) in [4.78, 5) is 14.3. The third kappa shape index (κ3) is 4.17. The first-order valence-corrected chi connectivity index (χ1v) is 10.2. The standard InChI is InChI=1S/C17H25N3O5S/c1-24-13-17(21)18-15-12-14(4-5-16(15)19-6-2-3-7-19)26(22,23)20-8-10-25-11-9-20/h4-5,12H,2-3,6-11,13H2,1H3,(H,18,21). The maximum Gasteiger partial charge on any atom is 0.250 e. The van der Waals surface area contributed by atoms with Crippen LogP contribution in [0.3, 0.4) is 0 Å². The molecule has 2 aliphatic rings. The van der Waals surface area contributed by atoms with Crippen LogP contribution in [0.4, 0.5) is 11.4 Å². The van der Waals surface area contributed by atoms with Gasteiger partial charge in [-0.15, -0.1) is 0 Å². The van der Waals surface area contributed by atoms with E-state index in [1.165, 1.54) is 11.4 Å². The zero-order valence-electron chi connectivity index (χ0n) is 14.9. The summed E-state index contributed by atoms with van der Waals surface area (Å²) in [6, 6.07) is 4.94. The average Bonchev–Trinajstić information content (AvgIpc) is 3.17. The molecule has 0 spiro atoms. The number of nitrogens with one attached hydrogen (secondary N) is 1. The van der Waals surface area contributed by atoms with Crippen molar-refractivity contribution in [1.82, 2.24) is 4.31 Å². The molecule has 1 amide bonds. The first-order valence-electron chi connectivity index (χ1n) is 8.78. The van der Waals surface area contributed by atoms with Gasteiger partial charge in [-0.05, 0) is 31.0 Å². The SMILES string of the molecule is COCC(=O)Nc1cc(S(=O)(=O)N2CCOCC2)ccc1N1CCCC1. The highest BCUT2D eigenvalue weighted by Crippen LogP contribution is 2.32. The molecule has 2 aliphatic heterocycles. The second-order valence-corrected chi connectivity index (χ2v) is 8.31. The second kappa shape index (κ2) is 8.34. The summed E-state index contributed by atoms with van der Waals surface area (Å²) in [5.74, 6) is -0.311. The van der Waals surface area contributed by atoms with Gasteiger partial charge in [0.2, 0.25) is 15.9 Å². The molecule has 9 heteroatoms. The Balaban J connectivity index is 1.92. The Morgan fingerprint density at radius 1 is 1.19 bits per heavy atom. The van der Waals surface area contributed by atoms with Crippen LogP contribution in [0.2, 0.25) is 0 Å². The predicted molar refractivity (Wildman–Crippen MR) is 98.0 cm³/mol. The third-order valence-electron chi connectivity index (χ3n) is 4.57.